The number of nitrogens with one attached hydrogen (secondary N) is 2. The summed E-state index contributed by atoms with van der Waals surface area (Å²) in [6.45, 7) is 1.97. The van der Waals surface area contributed by atoms with Gasteiger partial charge >= 0.3 is 0 Å². The van der Waals surface area contributed by atoms with E-state index in [1.54, 1.807) is 47.4 Å². The highest BCUT2D eigenvalue weighted by atomic mass is 16.7. The van der Waals surface area contributed by atoms with Crippen molar-refractivity contribution in [2.24, 2.45) is 0 Å². The van der Waals surface area contributed by atoms with Crippen molar-refractivity contribution in [1.82, 2.24) is 19.7 Å². The number of phenols is 1. The number of rotatable bonds is 4. The van der Waals surface area contributed by atoms with Gasteiger partial charge in [0.2, 0.25) is 12.7 Å². The number of carbonyl (C=O) groups excluding carboxylic acids is 1. The molecule has 10 nitrogen and oxygen atoms in total. The Kier molecular flexibility index (Phi) is 4.84. The van der Waals surface area contributed by atoms with E-state index >= 15 is 0 Å². The first-order valence-corrected chi connectivity index (χ1v) is 10.9. The van der Waals surface area contributed by atoms with Crippen molar-refractivity contribution in [1.29, 1.82) is 0 Å². The van der Waals surface area contributed by atoms with Gasteiger partial charge in [-0.2, -0.15) is 4.98 Å². The summed E-state index contributed by atoms with van der Waals surface area (Å²) in [7, 11) is 0. The Hall–Kier alpha value is -4.86. The van der Waals surface area contributed by atoms with E-state index in [0.717, 1.165) is 5.56 Å². The maximum Gasteiger partial charge on any atom is 0.255 e. The fraction of sp³-hybridized carbons (Fsp3) is 0.120. The molecule has 1 unspecified atom stereocenters. The summed E-state index contributed by atoms with van der Waals surface area (Å²) in [5.74, 6) is 1.94. The van der Waals surface area contributed by atoms with Crippen LogP contribution in [0, 0.1) is 0 Å². The van der Waals surface area contributed by atoms with E-state index in [9.17, 15) is 9.90 Å². The number of nitrogens with zero attached hydrogens (tertiary/aromatic N) is 4. The third kappa shape index (κ3) is 3.70. The van der Waals surface area contributed by atoms with Gasteiger partial charge in [0, 0.05) is 17.5 Å². The van der Waals surface area contributed by atoms with Crippen LogP contribution in [-0.4, -0.2) is 37.6 Å². The molecule has 2 aromatic carbocycles. The number of hydrogen-bond acceptors (Lipinski definition) is 8. The van der Waals surface area contributed by atoms with Crippen LogP contribution >= 0.6 is 0 Å². The molecule has 0 saturated heterocycles. The van der Waals surface area contributed by atoms with Gasteiger partial charge in [-0.05, 0) is 48.9 Å². The summed E-state index contributed by atoms with van der Waals surface area (Å²) < 4.78 is 12.7. The molecule has 0 bridgehead atoms. The molecule has 0 radical (unpaired) electrons. The van der Waals surface area contributed by atoms with E-state index < -0.39 is 6.04 Å². The molecule has 174 valence electrons. The molecule has 1 atom stereocenters. The molecule has 1 amide bonds. The number of anilines is 2. The molecule has 10 heteroatoms. The number of phenolic OH excluding ortho intramolecular Hbond substituents is 1. The summed E-state index contributed by atoms with van der Waals surface area (Å²) >= 11 is 0. The van der Waals surface area contributed by atoms with E-state index in [0.29, 0.717) is 45.8 Å². The van der Waals surface area contributed by atoms with Crippen molar-refractivity contribution in [3.63, 3.8) is 0 Å². The molecule has 4 heterocycles. The highest BCUT2D eigenvalue weighted by Crippen LogP contribution is 2.41. The maximum atomic E-state index is 13.5. The summed E-state index contributed by atoms with van der Waals surface area (Å²) in [6.07, 6.45) is 3.23. The van der Waals surface area contributed by atoms with Gasteiger partial charge in [-0.3, -0.25) is 9.78 Å². The van der Waals surface area contributed by atoms with Gasteiger partial charge in [0.1, 0.15) is 11.8 Å². The van der Waals surface area contributed by atoms with Crippen LogP contribution in [0.1, 0.15) is 18.5 Å². The summed E-state index contributed by atoms with van der Waals surface area (Å²) in [4.78, 5) is 22.2. The first-order valence-electron chi connectivity index (χ1n) is 10.9. The van der Waals surface area contributed by atoms with Crippen molar-refractivity contribution >= 4 is 17.5 Å². The van der Waals surface area contributed by atoms with Crippen LogP contribution in [0.25, 0.3) is 11.4 Å². The average Bonchev–Trinajstić information content (AvgIpc) is 3.50. The van der Waals surface area contributed by atoms with Crippen molar-refractivity contribution in [3.8, 4) is 28.6 Å². The largest absolute Gasteiger partial charge is 0.508 e. The Labute approximate surface area is 199 Å². The molecule has 6 rings (SSSR count). The van der Waals surface area contributed by atoms with Gasteiger partial charge in [0.25, 0.3) is 5.91 Å². The zero-order valence-corrected chi connectivity index (χ0v) is 18.6. The zero-order valence-electron chi connectivity index (χ0n) is 18.6. The Bertz CT molecular complexity index is 1480. The first kappa shape index (κ1) is 20.7. The minimum Gasteiger partial charge on any atom is -0.508 e. The van der Waals surface area contributed by atoms with Crippen LogP contribution in [0.5, 0.6) is 17.2 Å². The predicted molar refractivity (Wildman–Crippen MR) is 127 cm³/mol. The van der Waals surface area contributed by atoms with Gasteiger partial charge < -0.3 is 25.2 Å². The molecule has 35 heavy (non-hydrogen) atoms. The third-order valence-corrected chi connectivity index (χ3v) is 5.83. The minimum atomic E-state index is -0.601. The number of ether oxygens (including phenoxy) is 2. The second kappa shape index (κ2) is 8.17. The van der Waals surface area contributed by atoms with Crippen LogP contribution in [0.3, 0.4) is 0 Å². The maximum absolute atomic E-state index is 13.5. The van der Waals surface area contributed by atoms with E-state index in [2.05, 4.69) is 20.6 Å². The number of allylic oxidation sites excluding steroid dienone is 1. The lowest BCUT2D eigenvalue weighted by Crippen LogP contribution is -2.31. The number of benzene rings is 2. The van der Waals surface area contributed by atoms with Crippen LogP contribution in [0.4, 0.5) is 11.6 Å². The summed E-state index contributed by atoms with van der Waals surface area (Å²) in [5, 5.41) is 20.8. The van der Waals surface area contributed by atoms with Gasteiger partial charge in [0.15, 0.2) is 17.3 Å². The molecular formula is C25H20N6O4. The predicted octanol–water partition coefficient (Wildman–Crippen LogP) is 3.70. The van der Waals surface area contributed by atoms with Crippen LogP contribution < -0.4 is 20.1 Å². The van der Waals surface area contributed by atoms with E-state index in [1.165, 1.54) is 0 Å². The second-order valence-corrected chi connectivity index (χ2v) is 8.13. The molecule has 4 aromatic rings. The molecule has 3 N–H and O–H groups in total. The van der Waals surface area contributed by atoms with Crippen molar-refractivity contribution < 1.29 is 19.4 Å². The fourth-order valence-corrected chi connectivity index (χ4v) is 4.24. The lowest BCUT2D eigenvalue weighted by molar-refractivity contribution is -0.113. The monoisotopic (exact) mass is 468 g/mol. The molecular weight excluding hydrogens is 448 g/mol. The fourth-order valence-electron chi connectivity index (χ4n) is 4.24. The quantitative estimate of drug-likeness (QED) is 0.414. The smallest absolute Gasteiger partial charge is 0.255 e. The third-order valence-electron chi connectivity index (χ3n) is 5.83. The van der Waals surface area contributed by atoms with Crippen molar-refractivity contribution in [2.45, 2.75) is 13.0 Å². The van der Waals surface area contributed by atoms with Crippen LogP contribution in [0.2, 0.25) is 0 Å². The minimum absolute atomic E-state index is 0.112. The Morgan fingerprint density at radius 3 is 2.86 bits per heavy atom. The van der Waals surface area contributed by atoms with Gasteiger partial charge in [-0.15, -0.1) is 5.10 Å². The van der Waals surface area contributed by atoms with Crippen LogP contribution in [-0.2, 0) is 4.79 Å². The highest BCUT2D eigenvalue weighted by molar-refractivity contribution is 6.06. The number of fused-ring (bicyclic) bond motifs is 2. The zero-order chi connectivity index (χ0) is 23.9. The highest BCUT2D eigenvalue weighted by Gasteiger charge is 2.35. The van der Waals surface area contributed by atoms with E-state index in [-0.39, 0.29) is 18.4 Å². The van der Waals surface area contributed by atoms with E-state index in [1.807, 2.05) is 31.2 Å². The molecule has 0 spiro atoms. The Morgan fingerprint density at radius 2 is 2.03 bits per heavy atom. The lowest BCUT2D eigenvalue weighted by Gasteiger charge is -2.28. The number of pyridine rings is 1. The normalized spacial score (nSPS) is 16.0. The van der Waals surface area contributed by atoms with Crippen molar-refractivity contribution in [3.05, 3.63) is 83.8 Å². The second-order valence-electron chi connectivity index (χ2n) is 8.13. The SMILES string of the molecule is CC1=C(C(=O)Nc2cccnc2)C(c2ccc3c(c2)OCO3)n2nc(-c3cccc(O)c3)nc2N1. The Balaban J connectivity index is 1.47. The molecule has 2 aromatic heterocycles. The number of aromatic hydroxyl groups is 1. The molecule has 2 aliphatic rings. The lowest BCUT2D eigenvalue weighted by atomic mass is 9.94. The molecule has 0 aliphatic carbocycles. The number of carbonyl (C=O) groups is 1. The molecule has 0 fully saturated rings. The van der Waals surface area contributed by atoms with Gasteiger partial charge in [0.05, 0.1) is 17.5 Å². The van der Waals surface area contributed by atoms with Crippen LogP contribution in [0.15, 0.2) is 78.3 Å². The average molecular weight is 468 g/mol. The van der Waals surface area contributed by atoms with Gasteiger partial charge in [-0.1, -0.05) is 18.2 Å². The number of amides is 1. The number of aromatic nitrogens is 4. The number of hydrogen-bond donors (Lipinski definition) is 3. The summed E-state index contributed by atoms with van der Waals surface area (Å²) in [6, 6.07) is 15.2. The van der Waals surface area contributed by atoms with Crippen molar-refractivity contribution in [2.75, 3.05) is 17.4 Å². The Morgan fingerprint density at radius 1 is 1.14 bits per heavy atom. The van der Waals surface area contributed by atoms with E-state index in [4.69, 9.17) is 14.6 Å². The first-order chi connectivity index (χ1) is 17.1. The topological polar surface area (TPSA) is 123 Å². The molecule has 0 saturated carbocycles. The van der Waals surface area contributed by atoms with Gasteiger partial charge in [-0.25, -0.2) is 4.68 Å². The molecule has 2 aliphatic heterocycles. The summed E-state index contributed by atoms with van der Waals surface area (Å²) in [5.41, 5.74) is 3.10. The standard InChI is InChI=1S/C25H20N6O4/c1-14-21(24(33)28-17-5-3-9-26-12-17)22(15-7-8-19-20(11-15)35-13-34-19)31-25(27-14)29-23(30-31)16-4-2-6-18(32)10-16/h2-12,22,32H,13H2,1H3,(H,28,33)(H,27,29,30).